The van der Waals surface area contributed by atoms with E-state index >= 15 is 0 Å². The molecule has 0 saturated carbocycles. The lowest BCUT2D eigenvalue weighted by Crippen LogP contribution is -2.14. The van der Waals surface area contributed by atoms with Gasteiger partial charge in [0.05, 0.1) is 11.4 Å². The number of amides is 1. The van der Waals surface area contributed by atoms with Crippen molar-refractivity contribution >= 4 is 35.0 Å². The Morgan fingerprint density at radius 3 is 2.65 bits per heavy atom. The van der Waals surface area contributed by atoms with Gasteiger partial charge in [-0.2, -0.15) is 0 Å². The maximum atomic E-state index is 12.7. The van der Waals surface area contributed by atoms with Gasteiger partial charge in [-0.25, -0.2) is 4.39 Å². The van der Waals surface area contributed by atoms with Crippen LogP contribution in [0.1, 0.15) is 0 Å². The number of hydrogen-bond acceptors (Lipinski definition) is 3. The maximum Gasteiger partial charge on any atom is 0.234 e. The molecule has 6 heteroatoms. The Kier molecular flexibility index (Phi) is 4.87. The van der Waals surface area contributed by atoms with Gasteiger partial charge in [0, 0.05) is 9.92 Å². The van der Waals surface area contributed by atoms with Gasteiger partial charge in [0.15, 0.2) is 0 Å². The Labute approximate surface area is 124 Å². The summed E-state index contributed by atoms with van der Waals surface area (Å²) >= 11 is 7.06. The van der Waals surface area contributed by atoms with Gasteiger partial charge >= 0.3 is 0 Å². The minimum Gasteiger partial charge on any atom is -0.506 e. The van der Waals surface area contributed by atoms with Gasteiger partial charge in [0.2, 0.25) is 5.91 Å². The monoisotopic (exact) mass is 311 g/mol. The highest BCUT2D eigenvalue weighted by atomic mass is 35.5. The molecule has 2 N–H and O–H groups in total. The van der Waals surface area contributed by atoms with Crippen LogP contribution >= 0.6 is 23.4 Å². The molecule has 0 atom stereocenters. The Balaban J connectivity index is 1.92. The Hall–Kier alpha value is -1.72. The molecule has 20 heavy (non-hydrogen) atoms. The van der Waals surface area contributed by atoms with E-state index in [1.54, 1.807) is 12.1 Å². The first-order valence-corrected chi connectivity index (χ1v) is 7.08. The summed E-state index contributed by atoms with van der Waals surface area (Å²) in [6.45, 7) is 0. The quantitative estimate of drug-likeness (QED) is 0.664. The lowest BCUT2D eigenvalue weighted by Gasteiger charge is -2.07. The van der Waals surface area contributed by atoms with Crippen LogP contribution in [0.4, 0.5) is 10.1 Å². The van der Waals surface area contributed by atoms with Crippen molar-refractivity contribution in [3.8, 4) is 5.75 Å². The van der Waals surface area contributed by atoms with E-state index < -0.39 is 0 Å². The van der Waals surface area contributed by atoms with Crippen molar-refractivity contribution in [3.63, 3.8) is 0 Å². The van der Waals surface area contributed by atoms with Crippen LogP contribution in [0.2, 0.25) is 5.02 Å². The van der Waals surface area contributed by atoms with Gasteiger partial charge in [-0.15, -0.1) is 11.8 Å². The summed E-state index contributed by atoms with van der Waals surface area (Å²) in [5.41, 5.74) is 0.266. The molecule has 2 aromatic rings. The van der Waals surface area contributed by atoms with Gasteiger partial charge in [-0.05, 0) is 42.5 Å². The van der Waals surface area contributed by atoms with E-state index in [2.05, 4.69) is 5.32 Å². The highest BCUT2D eigenvalue weighted by Gasteiger charge is 2.08. The predicted molar refractivity (Wildman–Crippen MR) is 78.9 cm³/mol. The van der Waals surface area contributed by atoms with Crippen LogP contribution in [-0.2, 0) is 4.79 Å². The number of hydrogen-bond donors (Lipinski definition) is 2. The normalized spacial score (nSPS) is 10.3. The topological polar surface area (TPSA) is 49.3 Å². The molecule has 0 aliphatic heterocycles. The molecule has 3 nitrogen and oxygen atoms in total. The Bertz CT molecular complexity index is 619. The third kappa shape index (κ3) is 4.15. The number of nitrogens with one attached hydrogen (secondary N) is 1. The second kappa shape index (κ2) is 6.63. The SMILES string of the molecule is O=C(CSc1ccc(F)cc1)Nc1cc(Cl)ccc1O. The van der Waals surface area contributed by atoms with E-state index in [4.69, 9.17) is 11.6 Å². The first kappa shape index (κ1) is 14.7. The van der Waals surface area contributed by atoms with Gasteiger partial charge in [-0.3, -0.25) is 4.79 Å². The van der Waals surface area contributed by atoms with Crippen LogP contribution in [0.3, 0.4) is 0 Å². The number of halogens is 2. The van der Waals surface area contributed by atoms with E-state index in [-0.39, 0.29) is 28.9 Å². The van der Waals surface area contributed by atoms with E-state index in [0.717, 1.165) is 4.90 Å². The van der Waals surface area contributed by atoms with Crippen LogP contribution in [-0.4, -0.2) is 16.8 Å². The van der Waals surface area contributed by atoms with Crippen molar-refractivity contribution in [2.75, 3.05) is 11.1 Å². The highest BCUT2D eigenvalue weighted by Crippen LogP contribution is 2.27. The summed E-state index contributed by atoms with van der Waals surface area (Å²) in [6, 6.07) is 10.3. The molecule has 0 aromatic heterocycles. The number of phenolic OH excluding ortho intramolecular Hbond substituents is 1. The second-order valence-electron chi connectivity index (χ2n) is 3.95. The number of aromatic hydroxyl groups is 1. The molecule has 0 radical (unpaired) electrons. The summed E-state index contributed by atoms with van der Waals surface area (Å²) in [6.07, 6.45) is 0. The minimum atomic E-state index is -0.317. The molecule has 0 spiro atoms. The number of anilines is 1. The highest BCUT2D eigenvalue weighted by molar-refractivity contribution is 8.00. The third-order valence-electron chi connectivity index (χ3n) is 2.42. The number of benzene rings is 2. The maximum absolute atomic E-state index is 12.7. The van der Waals surface area contributed by atoms with E-state index in [9.17, 15) is 14.3 Å². The average molecular weight is 312 g/mol. The fourth-order valence-corrected chi connectivity index (χ4v) is 2.34. The van der Waals surface area contributed by atoms with Crippen molar-refractivity contribution in [3.05, 3.63) is 53.3 Å². The smallest absolute Gasteiger partial charge is 0.234 e. The van der Waals surface area contributed by atoms with E-state index in [1.807, 2.05) is 0 Å². The van der Waals surface area contributed by atoms with Crippen LogP contribution in [0.15, 0.2) is 47.4 Å². The van der Waals surface area contributed by atoms with Crippen LogP contribution in [0.5, 0.6) is 5.75 Å². The van der Waals surface area contributed by atoms with Crippen LogP contribution < -0.4 is 5.32 Å². The molecule has 0 aliphatic carbocycles. The van der Waals surface area contributed by atoms with Gasteiger partial charge in [-0.1, -0.05) is 11.6 Å². The number of carbonyl (C=O) groups is 1. The van der Waals surface area contributed by atoms with Crippen molar-refractivity contribution in [2.45, 2.75) is 4.90 Å². The Morgan fingerprint density at radius 1 is 1.25 bits per heavy atom. The molecule has 0 bridgehead atoms. The van der Waals surface area contributed by atoms with Crippen molar-refractivity contribution < 1.29 is 14.3 Å². The number of carbonyl (C=O) groups excluding carboxylic acids is 1. The second-order valence-corrected chi connectivity index (χ2v) is 5.44. The van der Waals surface area contributed by atoms with Gasteiger partial charge in [0.1, 0.15) is 11.6 Å². The predicted octanol–water partition coefficient (Wildman–Crippen LogP) is 3.92. The summed E-state index contributed by atoms with van der Waals surface area (Å²) in [5, 5.41) is 12.6. The van der Waals surface area contributed by atoms with Crippen LogP contribution in [0.25, 0.3) is 0 Å². The standard InChI is InChI=1S/C14H11ClFNO2S/c15-9-1-6-13(18)12(7-9)17-14(19)8-20-11-4-2-10(16)3-5-11/h1-7,18H,8H2,(H,17,19). The van der Waals surface area contributed by atoms with Crippen molar-refractivity contribution in [2.24, 2.45) is 0 Å². The first-order chi connectivity index (χ1) is 9.54. The molecule has 0 saturated heterocycles. The summed E-state index contributed by atoms with van der Waals surface area (Å²) in [7, 11) is 0. The van der Waals surface area contributed by atoms with Gasteiger partial charge in [0.25, 0.3) is 0 Å². The fraction of sp³-hybridized carbons (Fsp3) is 0.0714. The number of rotatable bonds is 4. The number of phenols is 1. The zero-order chi connectivity index (χ0) is 14.5. The lowest BCUT2D eigenvalue weighted by atomic mass is 10.3. The molecule has 0 unspecified atom stereocenters. The molecule has 1 amide bonds. The molecule has 2 aromatic carbocycles. The lowest BCUT2D eigenvalue weighted by molar-refractivity contribution is -0.113. The van der Waals surface area contributed by atoms with Crippen LogP contribution in [0, 0.1) is 5.82 Å². The van der Waals surface area contributed by atoms with E-state index in [1.165, 1.54) is 42.1 Å². The molecular weight excluding hydrogens is 301 g/mol. The number of thioether (sulfide) groups is 1. The summed E-state index contributed by atoms with van der Waals surface area (Å²) < 4.78 is 12.7. The summed E-state index contributed by atoms with van der Waals surface area (Å²) in [5.74, 6) is -0.494. The zero-order valence-electron chi connectivity index (χ0n) is 10.3. The molecular formula is C14H11ClFNO2S. The molecule has 0 aliphatic rings. The average Bonchev–Trinajstić information content (AvgIpc) is 2.42. The minimum absolute atomic E-state index is 0.0467. The molecule has 2 rings (SSSR count). The fourth-order valence-electron chi connectivity index (χ4n) is 1.47. The summed E-state index contributed by atoms with van der Waals surface area (Å²) in [4.78, 5) is 12.5. The third-order valence-corrected chi connectivity index (χ3v) is 3.66. The van der Waals surface area contributed by atoms with Crippen molar-refractivity contribution in [1.82, 2.24) is 0 Å². The first-order valence-electron chi connectivity index (χ1n) is 5.71. The zero-order valence-corrected chi connectivity index (χ0v) is 11.8. The van der Waals surface area contributed by atoms with E-state index in [0.29, 0.717) is 5.02 Å². The van der Waals surface area contributed by atoms with Gasteiger partial charge < -0.3 is 10.4 Å². The largest absolute Gasteiger partial charge is 0.506 e. The molecule has 0 heterocycles. The molecule has 104 valence electrons. The van der Waals surface area contributed by atoms with Crippen molar-refractivity contribution in [1.29, 1.82) is 0 Å². The Morgan fingerprint density at radius 2 is 1.95 bits per heavy atom. The molecule has 0 fully saturated rings.